The van der Waals surface area contributed by atoms with Gasteiger partial charge in [0.2, 0.25) is 0 Å². The summed E-state index contributed by atoms with van der Waals surface area (Å²) >= 11 is 0. The minimum atomic E-state index is -0.292. The molecule has 122 valence electrons. The van der Waals surface area contributed by atoms with E-state index in [0.717, 1.165) is 11.3 Å². The van der Waals surface area contributed by atoms with Gasteiger partial charge in [-0.3, -0.25) is 14.6 Å². The van der Waals surface area contributed by atoms with Gasteiger partial charge in [-0.2, -0.15) is 0 Å². The third kappa shape index (κ3) is 4.04. The Labute approximate surface area is 135 Å². The monoisotopic (exact) mass is 315 g/mol. The Hall–Kier alpha value is -2.47. The van der Waals surface area contributed by atoms with E-state index in [-0.39, 0.29) is 17.0 Å². The first kappa shape index (κ1) is 16.9. The number of ether oxygens (including phenoxy) is 1. The van der Waals surface area contributed by atoms with E-state index in [1.54, 1.807) is 43.6 Å². The van der Waals surface area contributed by atoms with Crippen molar-refractivity contribution in [2.75, 3.05) is 20.3 Å². The lowest BCUT2D eigenvalue weighted by Crippen LogP contribution is -2.38. The summed E-state index contributed by atoms with van der Waals surface area (Å²) in [7, 11) is 3.25. The van der Waals surface area contributed by atoms with Crippen molar-refractivity contribution in [3.63, 3.8) is 0 Å². The summed E-state index contributed by atoms with van der Waals surface area (Å²) < 4.78 is 6.56. The van der Waals surface area contributed by atoms with Crippen LogP contribution in [0.25, 0.3) is 0 Å². The first-order valence-corrected chi connectivity index (χ1v) is 7.38. The highest BCUT2D eigenvalue weighted by Gasteiger charge is 2.20. The molecule has 0 aliphatic carbocycles. The van der Waals surface area contributed by atoms with Gasteiger partial charge in [-0.25, -0.2) is 0 Å². The van der Waals surface area contributed by atoms with Crippen LogP contribution in [0.3, 0.4) is 0 Å². The predicted molar refractivity (Wildman–Crippen MR) is 87.3 cm³/mol. The van der Waals surface area contributed by atoms with Gasteiger partial charge in [0.15, 0.2) is 0 Å². The lowest BCUT2D eigenvalue weighted by Gasteiger charge is -2.22. The van der Waals surface area contributed by atoms with Gasteiger partial charge in [0.05, 0.1) is 6.61 Å². The zero-order valence-electron chi connectivity index (χ0n) is 13.7. The summed E-state index contributed by atoms with van der Waals surface area (Å²) in [5, 5.41) is 0. The lowest BCUT2D eigenvalue weighted by atomic mass is 10.2. The molecular weight excluding hydrogens is 294 g/mol. The molecular formula is C17H21N3O3. The number of carbonyl (C=O) groups excluding carboxylic acids is 1. The SMILES string of the molecule is COCCN(Cc1ccncc1)C(=O)c1ccc(C)n(C)c1=O. The molecule has 2 aromatic heterocycles. The zero-order valence-corrected chi connectivity index (χ0v) is 13.7. The fraction of sp³-hybridized carbons (Fsp3) is 0.353. The van der Waals surface area contributed by atoms with Crippen LogP contribution in [0.5, 0.6) is 0 Å². The molecule has 6 nitrogen and oxygen atoms in total. The molecule has 0 saturated heterocycles. The highest BCUT2D eigenvalue weighted by Crippen LogP contribution is 2.08. The fourth-order valence-corrected chi connectivity index (χ4v) is 2.22. The second-order valence-electron chi connectivity index (χ2n) is 5.33. The second-order valence-corrected chi connectivity index (χ2v) is 5.33. The summed E-state index contributed by atoms with van der Waals surface area (Å²) in [4.78, 5) is 30.7. The van der Waals surface area contributed by atoms with Gasteiger partial charge in [-0.05, 0) is 36.8 Å². The topological polar surface area (TPSA) is 64.4 Å². The molecule has 0 unspecified atom stereocenters. The molecule has 23 heavy (non-hydrogen) atoms. The Morgan fingerprint density at radius 3 is 2.61 bits per heavy atom. The molecule has 0 radical (unpaired) electrons. The molecule has 2 aromatic rings. The van der Waals surface area contributed by atoms with Gasteiger partial charge in [-0.15, -0.1) is 0 Å². The maximum Gasteiger partial charge on any atom is 0.263 e. The highest BCUT2D eigenvalue weighted by atomic mass is 16.5. The summed E-state index contributed by atoms with van der Waals surface area (Å²) in [6, 6.07) is 7.06. The summed E-state index contributed by atoms with van der Waals surface area (Å²) in [5.74, 6) is -0.292. The Balaban J connectivity index is 2.30. The zero-order chi connectivity index (χ0) is 16.8. The number of amides is 1. The van der Waals surface area contributed by atoms with Crippen LogP contribution < -0.4 is 5.56 Å². The molecule has 0 saturated carbocycles. The van der Waals surface area contributed by atoms with Crippen molar-refractivity contribution in [3.8, 4) is 0 Å². The number of pyridine rings is 2. The molecule has 0 spiro atoms. The van der Waals surface area contributed by atoms with E-state index in [2.05, 4.69) is 4.98 Å². The Bertz CT molecular complexity index is 726. The fourth-order valence-electron chi connectivity index (χ4n) is 2.22. The molecule has 0 aliphatic rings. The van der Waals surface area contributed by atoms with Crippen LogP contribution in [-0.4, -0.2) is 40.6 Å². The number of aromatic nitrogens is 2. The minimum Gasteiger partial charge on any atom is -0.383 e. The van der Waals surface area contributed by atoms with Gasteiger partial charge >= 0.3 is 0 Å². The molecule has 2 rings (SSSR count). The molecule has 0 aliphatic heterocycles. The lowest BCUT2D eigenvalue weighted by molar-refractivity contribution is 0.0678. The van der Waals surface area contributed by atoms with Crippen molar-refractivity contribution >= 4 is 5.91 Å². The van der Waals surface area contributed by atoms with Crippen molar-refractivity contribution < 1.29 is 9.53 Å². The van der Waals surface area contributed by atoms with E-state index < -0.39 is 0 Å². The smallest absolute Gasteiger partial charge is 0.263 e. The Morgan fingerprint density at radius 1 is 1.26 bits per heavy atom. The third-order valence-electron chi connectivity index (χ3n) is 3.76. The van der Waals surface area contributed by atoms with Crippen LogP contribution in [0.1, 0.15) is 21.6 Å². The van der Waals surface area contributed by atoms with Crippen molar-refractivity contribution in [1.82, 2.24) is 14.5 Å². The maximum absolute atomic E-state index is 12.8. The Kier molecular flexibility index (Phi) is 5.65. The molecule has 0 N–H and O–H groups in total. The van der Waals surface area contributed by atoms with E-state index in [4.69, 9.17) is 4.74 Å². The van der Waals surface area contributed by atoms with Crippen LogP contribution in [0, 0.1) is 6.92 Å². The van der Waals surface area contributed by atoms with Gasteiger partial charge in [0, 0.05) is 45.3 Å². The van der Waals surface area contributed by atoms with Gasteiger partial charge in [-0.1, -0.05) is 0 Å². The molecule has 0 fully saturated rings. The van der Waals surface area contributed by atoms with Gasteiger partial charge in [0.1, 0.15) is 5.56 Å². The molecule has 0 bridgehead atoms. The van der Waals surface area contributed by atoms with Crippen molar-refractivity contribution in [3.05, 3.63) is 63.8 Å². The normalized spacial score (nSPS) is 10.6. The predicted octanol–water partition coefficient (Wildman–Crippen LogP) is 1.38. The minimum absolute atomic E-state index is 0.170. The summed E-state index contributed by atoms with van der Waals surface area (Å²) in [6.07, 6.45) is 3.36. The summed E-state index contributed by atoms with van der Waals surface area (Å²) in [6.45, 7) is 3.05. The van der Waals surface area contributed by atoms with Gasteiger partial charge in [0.25, 0.3) is 11.5 Å². The average Bonchev–Trinajstić information content (AvgIpc) is 2.57. The van der Waals surface area contributed by atoms with E-state index >= 15 is 0 Å². The summed E-state index contributed by atoms with van der Waals surface area (Å²) in [5.41, 5.74) is 1.65. The van der Waals surface area contributed by atoms with Crippen molar-refractivity contribution in [1.29, 1.82) is 0 Å². The number of methoxy groups -OCH3 is 1. The van der Waals surface area contributed by atoms with E-state index in [9.17, 15) is 9.59 Å². The molecule has 0 atom stereocenters. The van der Waals surface area contributed by atoms with Crippen LogP contribution >= 0.6 is 0 Å². The molecule has 1 amide bonds. The van der Waals surface area contributed by atoms with E-state index in [1.807, 2.05) is 19.1 Å². The molecule has 2 heterocycles. The third-order valence-corrected chi connectivity index (χ3v) is 3.76. The number of hydrogen-bond acceptors (Lipinski definition) is 4. The van der Waals surface area contributed by atoms with Crippen LogP contribution in [-0.2, 0) is 18.3 Å². The van der Waals surface area contributed by atoms with Crippen LogP contribution in [0.2, 0.25) is 0 Å². The molecule has 6 heteroatoms. The first-order valence-electron chi connectivity index (χ1n) is 7.38. The highest BCUT2D eigenvalue weighted by molar-refractivity contribution is 5.93. The largest absolute Gasteiger partial charge is 0.383 e. The molecule has 0 aromatic carbocycles. The number of hydrogen-bond donors (Lipinski definition) is 0. The van der Waals surface area contributed by atoms with Gasteiger partial charge < -0.3 is 14.2 Å². The average molecular weight is 315 g/mol. The number of carbonyl (C=O) groups is 1. The first-order chi connectivity index (χ1) is 11.0. The standard InChI is InChI=1S/C17H21N3O3/c1-13-4-5-15(16(21)19(13)2)17(22)20(10-11-23-3)12-14-6-8-18-9-7-14/h4-9H,10-12H2,1-3H3. The van der Waals surface area contributed by atoms with Crippen molar-refractivity contribution in [2.45, 2.75) is 13.5 Å². The number of aryl methyl sites for hydroxylation is 1. The van der Waals surface area contributed by atoms with E-state index in [0.29, 0.717) is 19.7 Å². The second kappa shape index (κ2) is 7.69. The number of rotatable bonds is 6. The van der Waals surface area contributed by atoms with Crippen molar-refractivity contribution in [2.24, 2.45) is 7.05 Å². The maximum atomic E-state index is 12.8. The quantitative estimate of drug-likeness (QED) is 0.808. The van der Waals surface area contributed by atoms with Crippen LogP contribution in [0.4, 0.5) is 0 Å². The van der Waals surface area contributed by atoms with Crippen LogP contribution in [0.15, 0.2) is 41.5 Å². The van der Waals surface area contributed by atoms with E-state index in [1.165, 1.54) is 4.57 Å². The Morgan fingerprint density at radius 2 is 1.96 bits per heavy atom. The number of nitrogens with zero attached hydrogens (tertiary/aromatic N) is 3.